The summed E-state index contributed by atoms with van der Waals surface area (Å²) in [5, 5.41) is 3.19. The van der Waals surface area contributed by atoms with Gasteiger partial charge in [0.2, 0.25) is 0 Å². The highest BCUT2D eigenvalue weighted by Crippen LogP contribution is 2.44. The maximum atomic E-state index is 14.0. The first-order chi connectivity index (χ1) is 10.1. The number of ether oxygens (including phenoxy) is 1. The molecule has 1 fully saturated rings. The minimum absolute atomic E-state index is 0.200. The molecule has 2 rings (SSSR count). The number of hydrogen-bond acceptors (Lipinski definition) is 2. The summed E-state index contributed by atoms with van der Waals surface area (Å²) in [6, 6.07) is 2.54. The monoisotopic (exact) mass is 297 g/mol. The molecule has 2 nitrogen and oxygen atoms in total. The normalized spacial score (nSPS) is 17.1. The van der Waals surface area contributed by atoms with Crippen LogP contribution < -0.4 is 10.1 Å². The smallest absolute Gasteiger partial charge is 0.133 e. The molecule has 0 spiro atoms. The van der Waals surface area contributed by atoms with Crippen molar-refractivity contribution in [3.05, 3.63) is 29.3 Å². The van der Waals surface area contributed by atoms with Crippen molar-refractivity contribution in [2.75, 3.05) is 20.7 Å². The first-order valence-electron chi connectivity index (χ1n) is 7.77. The first-order valence-corrected chi connectivity index (χ1v) is 7.77. The van der Waals surface area contributed by atoms with Gasteiger partial charge in [0.25, 0.3) is 0 Å². The van der Waals surface area contributed by atoms with Gasteiger partial charge in [-0.3, -0.25) is 0 Å². The quantitative estimate of drug-likeness (QED) is 0.819. The molecule has 0 amide bonds. The van der Waals surface area contributed by atoms with E-state index >= 15 is 0 Å². The predicted octanol–water partition coefficient (Wildman–Crippen LogP) is 4.08. The Morgan fingerprint density at radius 3 is 2.29 bits per heavy atom. The van der Waals surface area contributed by atoms with Gasteiger partial charge in [0.15, 0.2) is 0 Å². The van der Waals surface area contributed by atoms with Gasteiger partial charge in [0.1, 0.15) is 17.4 Å². The summed E-state index contributed by atoms with van der Waals surface area (Å²) >= 11 is 0. The predicted molar refractivity (Wildman–Crippen MR) is 80.7 cm³/mol. The third kappa shape index (κ3) is 3.94. The second kappa shape index (κ2) is 7.21. The lowest BCUT2D eigenvalue weighted by molar-refractivity contribution is 0.245. The highest BCUT2D eigenvalue weighted by Gasteiger charge is 2.33. The van der Waals surface area contributed by atoms with Gasteiger partial charge in [-0.25, -0.2) is 8.78 Å². The van der Waals surface area contributed by atoms with E-state index in [-0.39, 0.29) is 16.7 Å². The van der Waals surface area contributed by atoms with Crippen LogP contribution >= 0.6 is 0 Å². The van der Waals surface area contributed by atoms with Gasteiger partial charge >= 0.3 is 0 Å². The molecule has 1 aliphatic carbocycles. The van der Waals surface area contributed by atoms with Crippen LogP contribution in [0, 0.1) is 17.0 Å². The van der Waals surface area contributed by atoms with E-state index in [9.17, 15) is 8.78 Å². The van der Waals surface area contributed by atoms with Crippen molar-refractivity contribution in [2.45, 2.75) is 44.9 Å². The number of hydrogen-bond donors (Lipinski definition) is 1. The van der Waals surface area contributed by atoms with E-state index in [2.05, 4.69) is 5.32 Å². The Kier molecular flexibility index (Phi) is 5.57. The number of rotatable bonds is 7. The lowest BCUT2D eigenvalue weighted by Gasteiger charge is -2.29. The summed E-state index contributed by atoms with van der Waals surface area (Å²) in [5.41, 5.74) is 0.452. The van der Waals surface area contributed by atoms with E-state index in [1.165, 1.54) is 44.9 Å². The van der Waals surface area contributed by atoms with E-state index in [0.717, 1.165) is 19.4 Å². The lowest BCUT2D eigenvalue weighted by Crippen LogP contribution is -2.23. The molecule has 1 aromatic carbocycles. The van der Waals surface area contributed by atoms with Gasteiger partial charge in [-0.2, -0.15) is 0 Å². The average Bonchev–Trinajstić information content (AvgIpc) is 2.93. The molecule has 0 atom stereocenters. The van der Waals surface area contributed by atoms with Crippen molar-refractivity contribution in [1.29, 1.82) is 0 Å². The van der Waals surface area contributed by atoms with Crippen molar-refractivity contribution < 1.29 is 13.5 Å². The summed E-state index contributed by atoms with van der Waals surface area (Å²) in [6.07, 6.45) is 7.22. The minimum atomic E-state index is -0.492. The van der Waals surface area contributed by atoms with E-state index in [0.29, 0.717) is 6.42 Å². The molecule has 21 heavy (non-hydrogen) atoms. The van der Waals surface area contributed by atoms with Crippen LogP contribution in [0.1, 0.15) is 44.1 Å². The van der Waals surface area contributed by atoms with E-state index in [1.54, 1.807) is 0 Å². The maximum absolute atomic E-state index is 14.0. The summed E-state index contributed by atoms with van der Waals surface area (Å²) in [7, 11) is 3.37. The Morgan fingerprint density at radius 2 is 1.76 bits per heavy atom. The van der Waals surface area contributed by atoms with Crippen LogP contribution in [0.4, 0.5) is 8.78 Å². The molecule has 0 aliphatic heterocycles. The number of benzene rings is 1. The number of methoxy groups -OCH3 is 1. The van der Waals surface area contributed by atoms with Gasteiger partial charge in [-0.05, 0) is 51.1 Å². The Balaban J connectivity index is 2.07. The average molecular weight is 297 g/mol. The van der Waals surface area contributed by atoms with Crippen molar-refractivity contribution in [3.8, 4) is 5.75 Å². The van der Waals surface area contributed by atoms with E-state index in [4.69, 9.17) is 4.74 Å². The second-order valence-corrected chi connectivity index (χ2v) is 6.13. The number of nitrogens with one attached hydrogen (secondary N) is 1. The van der Waals surface area contributed by atoms with Crippen LogP contribution in [-0.2, 0) is 6.42 Å². The Labute approximate surface area is 125 Å². The molecule has 0 aromatic heterocycles. The zero-order chi connectivity index (χ0) is 15.3. The van der Waals surface area contributed by atoms with Crippen molar-refractivity contribution >= 4 is 0 Å². The van der Waals surface area contributed by atoms with Crippen LogP contribution in [0.25, 0.3) is 0 Å². The summed E-state index contributed by atoms with van der Waals surface area (Å²) < 4.78 is 32.9. The van der Waals surface area contributed by atoms with Gasteiger partial charge < -0.3 is 10.1 Å². The Morgan fingerprint density at radius 1 is 1.14 bits per heavy atom. The standard InChI is InChI=1S/C17H25F2NO/c1-20-10-9-17(6-3-4-7-17)8-5-14-15(18)11-13(21-2)12-16(14)19/h11-12,20H,3-10H2,1-2H3. The topological polar surface area (TPSA) is 21.3 Å². The summed E-state index contributed by atoms with van der Waals surface area (Å²) in [6.45, 7) is 0.966. The summed E-state index contributed by atoms with van der Waals surface area (Å²) in [5.74, 6) is -0.748. The van der Waals surface area contributed by atoms with E-state index in [1.807, 2.05) is 7.05 Å². The molecular formula is C17H25F2NO. The third-order valence-electron chi connectivity index (χ3n) is 4.83. The van der Waals surface area contributed by atoms with Crippen molar-refractivity contribution in [3.63, 3.8) is 0 Å². The third-order valence-corrected chi connectivity index (χ3v) is 4.83. The van der Waals surface area contributed by atoms with Crippen LogP contribution in [-0.4, -0.2) is 20.7 Å². The zero-order valence-electron chi connectivity index (χ0n) is 13.0. The summed E-state index contributed by atoms with van der Waals surface area (Å²) in [4.78, 5) is 0. The molecule has 0 heterocycles. The molecule has 118 valence electrons. The van der Waals surface area contributed by atoms with Crippen LogP contribution in [0.15, 0.2) is 12.1 Å². The van der Waals surface area contributed by atoms with Crippen LogP contribution in [0.2, 0.25) is 0 Å². The molecule has 0 radical (unpaired) electrons. The van der Waals surface area contributed by atoms with Crippen molar-refractivity contribution in [2.24, 2.45) is 5.41 Å². The molecule has 1 aromatic rings. The molecule has 1 saturated carbocycles. The zero-order valence-corrected chi connectivity index (χ0v) is 13.0. The Hall–Kier alpha value is -1.16. The fourth-order valence-electron chi connectivity index (χ4n) is 3.47. The fraction of sp³-hybridized carbons (Fsp3) is 0.647. The fourth-order valence-corrected chi connectivity index (χ4v) is 3.47. The van der Waals surface area contributed by atoms with Gasteiger partial charge in [-0.1, -0.05) is 12.8 Å². The SMILES string of the molecule is CNCCC1(CCc2c(F)cc(OC)cc2F)CCCC1. The van der Waals surface area contributed by atoms with E-state index < -0.39 is 11.6 Å². The number of halogens is 2. The minimum Gasteiger partial charge on any atom is -0.497 e. The molecule has 0 bridgehead atoms. The molecular weight excluding hydrogens is 272 g/mol. The van der Waals surface area contributed by atoms with Gasteiger partial charge in [0.05, 0.1) is 7.11 Å². The molecule has 1 N–H and O–H groups in total. The molecule has 1 aliphatic rings. The lowest BCUT2D eigenvalue weighted by atomic mass is 9.77. The van der Waals surface area contributed by atoms with Crippen LogP contribution in [0.3, 0.4) is 0 Å². The van der Waals surface area contributed by atoms with Crippen LogP contribution in [0.5, 0.6) is 5.75 Å². The molecule has 4 heteroatoms. The van der Waals surface area contributed by atoms with Gasteiger partial charge in [-0.15, -0.1) is 0 Å². The highest BCUT2D eigenvalue weighted by molar-refractivity contribution is 5.30. The van der Waals surface area contributed by atoms with Crippen molar-refractivity contribution in [1.82, 2.24) is 5.32 Å². The molecule has 0 saturated heterocycles. The largest absolute Gasteiger partial charge is 0.497 e. The Bertz CT molecular complexity index is 447. The highest BCUT2D eigenvalue weighted by atomic mass is 19.1. The first kappa shape index (κ1) is 16.2. The second-order valence-electron chi connectivity index (χ2n) is 6.13. The van der Waals surface area contributed by atoms with Gasteiger partial charge in [0, 0.05) is 17.7 Å². The molecule has 0 unspecified atom stereocenters. The maximum Gasteiger partial charge on any atom is 0.133 e.